The Morgan fingerprint density at radius 2 is 2.14 bits per heavy atom. The summed E-state index contributed by atoms with van der Waals surface area (Å²) in [7, 11) is 0. The number of nitrogens with zero attached hydrogens (tertiary/aromatic N) is 1. The maximum atomic E-state index is 12.0. The molecule has 2 heterocycles. The first-order chi connectivity index (χ1) is 10.7. The molecule has 0 fully saturated rings. The molecule has 0 spiro atoms. The second kappa shape index (κ2) is 6.79. The van der Waals surface area contributed by atoms with Crippen molar-refractivity contribution < 1.29 is 14.0 Å². The molecule has 0 saturated heterocycles. The van der Waals surface area contributed by atoms with E-state index in [9.17, 15) is 4.79 Å². The SMILES string of the molecule is O=C(NCCc1ccc(Br)cc1)C1=NOC(c2ccco2)C1. The monoisotopic (exact) mass is 362 g/mol. The van der Waals surface area contributed by atoms with Crippen LogP contribution in [0.2, 0.25) is 0 Å². The first-order valence-corrected chi connectivity index (χ1v) is 7.80. The van der Waals surface area contributed by atoms with Crippen LogP contribution in [0.3, 0.4) is 0 Å². The summed E-state index contributed by atoms with van der Waals surface area (Å²) in [5.74, 6) is 0.493. The molecule has 1 aliphatic rings. The van der Waals surface area contributed by atoms with Crippen molar-refractivity contribution in [1.82, 2.24) is 5.32 Å². The first kappa shape index (κ1) is 14.8. The third-order valence-corrected chi connectivity index (χ3v) is 3.93. The molecule has 3 rings (SSSR count). The van der Waals surface area contributed by atoms with Crippen LogP contribution >= 0.6 is 15.9 Å². The molecule has 0 saturated carbocycles. The van der Waals surface area contributed by atoms with Crippen molar-refractivity contribution in [3.05, 3.63) is 58.5 Å². The Morgan fingerprint density at radius 3 is 2.86 bits per heavy atom. The summed E-state index contributed by atoms with van der Waals surface area (Å²) < 4.78 is 6.30. The summed E-state index contributed by atoms with van der Waals surface area (Å²) in [6.45, 7) is 0.560. The van der Waals surface area contributed by atoms with E-state index in [1.54, 1.807) is 12.3 Å². The van der Waals surface area contributed by atoms with Crippen molar-refractivity contribution in [2.45, 2.75) is 18.9 Å². The molecular weight excluding hydrogens is 348 g/mol. The Bertz CT molecular complexity index is 665. The average Bonchev–Trinajstić information content (AvgIpc) is 3.20. The van der Waals surface area contributed by atoms with Gasteiger partial charge in [-0.3, -0.25) is 4.79 Å². The van der Waals surface area contributed by atoms with Crippen molar-refractivity contribution in [2.24, 2.45) is 5.16 Å². The number of hydrogen-bond acceptors (Lipinski definition) is 4. The molecule has 1 unspecified atom stereocenters. The smallest absolute Gasteiger partial charge is 0.269 e. The molecule has 114 valence electrons. The molecule has 1 aromatic carbocycles. The van der Waals surface area contributed by atoms with E-state index in [2.05, 4.69) is 26.4 Å². The maximum Gasteiger partial charge on any atom is 0.269 e. The van der Waals surface area contributed by atoms with E-state index in [1.165, 1.54) is 5.56 Å². The number of amides is 1. The Labute approximate surface area is 136 Å². The van der Waals surface area contributed by atoms with Crippen LogP contribution in [-0.2, 0) is 16.1 Å². The van der Waals surface area contributed by atoms with Crippen LogP contribution in [0.25, 0.3) is 0 Å². The predicted octanol–water partition coefficient (Wildman–Crippen LogP) is 3.22. The molecule has 1 aromatic heterocycles. The molecule has 1 aliphatic heterocycles. The lowest BCUT2D eigenvalue weighted by molar-refractivity contribution is -0.114. The normalized spacial score (nSPS) is 17.0. The molecule has 2 aromatic rings. The number of carbonyl (C=O) groups excluding carboxylic acids is 1. The number of halogens is 1. The van der Waals surface area contributed by atoms with Gasteiger partial charge >= 0.3 is 0 Å². The third kappa shape index (κ3) is 3.57. The Morgan fingerprint density at radius 1 is 1.32 bits per heavy atom. The van der Waals surface area contributed by atoms with Crippen LogP contribution in [0.1, 0.15) is 23.8 Å². The Hall–Kier alpha value is -2.08. The molecule has 0 radical (unpaired) electrons. The van der Waals surface area contributed by atoms with E-state index in [4.69, 9.17) is 9.25 Å². The van der Waals surface area contributed by atoms with E-state index in [0.29, 0.717) is 24.4 Å². The summed E-state index contributed by atoms with van der Waals surface area (Å²) in [4.78, 5) is 17.3. The summed E-state index contributed by atoms with van der Waals surface area (Å²) in [6.07, 6.45) is 2.48. The van der Waals surface area contributed by atoms with E-state index < -0.39 is 0 Å². The van der Waals surface area contributed by atoms with Gasteiger partial charge in [0.05, 0.1) is 6.26 Å². The number of rotatable bonds is 5. The minimum Gasteiger partial charge on any atom is -0.465 e. The van der Waals surface area contributed by atoms with E-state index >= 15 is 0 Å². The zero-order valence-electron chi connectivity index (χ0n) is 11.8. The van der Waals surface area contributed by atoms with Crippen molar-refractivity contribution >= 4 is 27.5 Å². The highest BCUT2D eigenvalue weighted by Gasteiger charge is 2.28. The second-order valence-electron chi connectivity index (χ2n) is 4.98. The predicted molar refractivity (Wildman–Crippen MR) is 85.4 cm³/mol. The van der Waals surface area contributed by atoms with Gasteiger partial charge in [0.1, 0.15) is 11.5 Å². The Kier molecular flexibility index (Phi) is 4.58. The van der Waals surface area contributed by atoms with Gasteiger partial charge in [-0.25, -0.2) is 0 Å². The zero-order chi connectivity index (χ0) is 15.4. The van der Waals surface area contributed by atoms with Gasteiger partial charge < -0.3 is 14.6 Å². The standard InChI is InChI=1S/C16H15BrN2O3/c17-12-5-3-11(4-6-12)7-8-18-16(20)13-10-15(22-19-13)14-2-1-9-21-14/h1-6,9,15H,7-8,10H2,(H,18,20). The quantitative estimate of drug-likeness (QED) is 0.887. The highest BCUT2D eigenvalue weighted by Crippen LogP contribution is 2.27. The topological polar surface area (TPSA) is 63.8 Å². The number of furan rings is 1. The fourth-order valence-electron chi connectivity index (χ4n) is 2.21. The summed E-state index contributed by atoms with van der Waals surface area (Å²) >= 11 is 3.40. The molecular formula is C16H15BrN2O3. The zero-order valence-corrected chi connectivity index (χ0v) is 13.4. The molecule has 0 aliphatic carbocycles. The molecule has 22 heavy (non-hydrogen) atoms. The van der Waals surface area contributed by atoms with Crippen molar-refractivity contribution in [3.63, 3.8) is 0 Å². The van der Waals surface area contributed by atoms with Crippen LogP contribution in [0.15, 0.2) is 56.7 Å². The summed E-state index contributed by atoms with van der Waals surface area (Å²) in [6, 6.07) is 11.6. The van der Waals surface area contributed by atoms with Crippen LogP contribution in [-0.4, -0.2) is 18.2 Å². The largest absolute Gasteiger partial charge is 0.465 e. The number of nitrogens with one attached hydrogen (secondary N) is 1. The highest BCUT2D eigenvalue weighted by molar-refractivity contribution is 9.10. The molecule has 0 bridgehead atoms. The van der Waals surface area contributed by atoms with Crippen LogP contribution in [0.4, 0.5) is 0 Å². The van der Waals surface area contributed by atoms with Gasteiger partial charge in [-0.05, 0) is 36.2 Å². The van der Waals surface area contributed by atoms with Crippen LogP contribution < -0.4 is 5.32 Å². The van der Waals surface area contributed by atoms with Gasteiger partial charge in [-0.2, -0.15) is 0 Å². The highest BCUT2D eigenvalue weighted by atomic mass is 79.9. The number of carbonyl (C=O) groups is 1. The van der Waals surface area contributed by atoms with Crippen molar-refractivity contribution in [3.8, 4) is 0 Å². The van der Waals surface area contributed by atoms with E-state index in [1.807, 2.05) is 30.3 Å². The second-order valence-corrected chi connectivity index (χ2v) is 5.90. The van der Waals surface area contributed by atoms with Crippen LogP contribution in [0.5, 0.6) is 0 Å². The van der Waals surface area contributed by atoms with Crippen LogP contribution in [0, 0.1) is 0 Å². The fourth-order valence-corrected chi connectivity index (χ4v) is 2.48. The van der Waals surface area contributed by atoms with Crippen molar-refractivity contribution in [2.75, 3.05) is 6.54 Å². The number of hydrogen-bond donors (Lipinski definition) is 1. The lowest BCUT2D eigenvalue weighted by Gasteiger charge is -2.05. The summed E-state index contributed by atoms with van der Waals surface area (Å²) in [5, 5.41) is 6.71. The lowest BCUT2D eigenvalue weighted by atomic mass is 10.1. The Balaban J connectivity index is 1.46. The van der Waals surface area contributed by atoms with E-state index in [0.717, 1.165) is 10.9 Å². The fraction of sp³-hybridized carbons (Fsp3) is 0.250. The van der Waals surface area contributed by atoms with Gasteiger partial charge in [0.2, 0.25) is 0 Å². The molecule has 5 nitrogen and oxygen atoms in total. The third-order valence-electron chi connectivity index (χ3n) is 3.40. The first-order valence-electron chi connectivity index (χ1n) is 7.01. The van der Waals surface area contributed by atoms with E-state index in [-0.39, 0.29) is 12.0 Å². The lowest BCUT2D eigenvalue weighted by Crippen LogP contribution is -2.32. The van der Waals surface area contributed by atoms with Gasteiger partial charge in [0, 0.05) is 17.4 Å². The molecule has 1 amide bonds. The van der Waals surface area contributed by atoms with Gasteiger partial charge in [0.15, 0.2) is 6.10 Å². The minimum atomic E-state index is -0.303. The maximum absolute atomic E-state index is 12.0. The minimum absolute atomic E-state index is 0.189. The molecule has 1 atom stereocenters. The van der Waals surface area contributed by atoms with Gasteiger partial charge in [-0.1, -0.05) is 33.2 Å². The number of benzene rings is 1. The van der Waals surface area contributed by atoms with Gasteiger partial charge in [0.25, 0.3) is 5.91 Å². The summed E-state index contributed by atoms with van der Waals surface area (Å²) in [5.41, 5.74) is 1.57. The average molecular weight is 363 g/mol. The molecule has 1 N–H and O–H groups in total. The molecule has 6 heteroatoms. The van der Waals surface area contributed by atoms with Crippen molar-refractivity contribution in [1.29, 1.82) is 0 Å². The number of oxime groups is 1. The van der Waals surface area contributed by atoms with Gasteiger partial charge in [-0.15, -0.1) is 0 Å².